The lowest BCUT2D eigenvalue weighted by molar-refractivity contribution is -0.120. The molecular formula is C14H19N3O2. The van der Waals surface area contributed by atoms with E-state index in [1.165, 1.54) is 0 Å². The molecule has 0 atom stereocenters. The van der Waals surface area contributed by atoms with Crippen LogP contribution in [0.3, 0.4) is 0 Å². The summed E-state index contributed by atoms with van der Waals surface area (Å²) in [6.07, 6.45) is 0.338. The Bertz CT molecular complexity index is 441. The predicted octanol–water partition coefficient (Wildman–Crippen LogP) is 0.952. The lowest BCUT2D eigenvalue weighted by Gasteiger charge is -2.07. The second kappa shape index (κ2) is 9.09. The minimum Gasteiger partial charge on any atom is -0.380 e. The van der Waals surface area contributed by atoms with Gasteiger partial charge in [-0.3, -0.25) is 4.79 Å². The minimum absolute atomic E-state index is 0.0942. The molecule has 0 aliphatic rings. The summed E-state index contributed by atoms with van der Waals surface area (Å²) in [5, 5.41) is 14.1. The van der Waals surface area contributed by atoms with Crippen LogP contribution in [-0.2, 0) is 22.7 Å². The Hall–Kier alpha value is -1.90. The second-order valence-electron chi connectivity index (χ2n) is 4.11. The van der Waals surface area contributed by atoms with Crippen molar-refractivity contribution in [3.05, 3.63) is 35.4 Å². The van der Waals surface area contributed by atoms with Gasteiger partial charge >= 0.3 is 0 Å². The monoisotopic (exact) mass is 261 g/mol. The Morgan fingerprint density at radius 1 is 1.42 bits per heavy atom. The van der Waals surface area contributed by atoms with Crippen molar-refractivity contribution in [2.24, 2.45) is 0 Å². The lowest BCUT2D eigenvalue weighted by Crippen LogP contribution is -2.34. The molecule has 0 unspecified atom stereocenters. The number of rotatable bonds is 8. The summed E-state index contributed by atoms with van der Waals surface area (Å²) in [4.78, 5) is 11.4. The van der Waals surface area contributed by atoms with Gasteiger partial charge in [0.25, 0.3) is 0 Å². The number of ether oxygens (including phenoxy) is 1. The molecule has 5 heteroatoms. The zero-order valence-electron chi connectivity index (χ0n) is 11.1. The number of benzene rings is 1. The molecule has 0 saturated heterocycles. The molecule has 2 N–H and O–H groups in total. The lowest BCUT2D eigenvalue weighted by atomic mass is 10.1. The molecule has 1 aromatic carbocycles. The molecule has 0 aromatic heterocycles. The van der Waals surface area contributed by atoms with E-state index in [0.29, 0.717) is 26.1 Å². The average molecular weight is 261 g/mol. The summed E-state index contributed by atoms with van der Waals surface area (Å²) in [6, 6.07) is 9.99. The Balaban J connectivity index is 2.27. The number of hydrogen-bond donors (Lipinski definition) is 2. The highest BCUT2D eigenvalue weighted by atomic mass is 16.5. The molecule has 102 valence electrons. The standard InChI is InChI=1S/C14H19N3O2/c1-19-11-13-5-2-4-12(8-13)9-16-10-14(18)17-7-3-6-15/h2,4-5,8,16H,3,7,9-11H2,1H3,(H,17,18). The molecule has 1 rings (SSSR count). The molecule has 5 nitrogen and oxygen atoms in total. The van der Waals surface area contributed by atoms with Crippen LogP contribution >= 0.6 is 0 Å². The van der Waals surface area contributed by atoms with Crippen molar-refractivity contribution in [1.29, 1.82) is 5.26 Å². The van der Waals surface area contributed by atoms with E-state index in [0.717, 1.165) is 11.1 Å². The predicted molar refractivity (Wildman–Crippen MR) is 72.1 cm³/mol. The molecule has 0 heterocycles. The van der Waals surface area contributed by atoms with Crippen molar-refractivity contribution in [2.75, 3.05) is 20.2 Å². The average Bonchev–Trinajstić information content (AvgIpc) is 2.40. The maximum atomic E-state index is 11.4. The first-order valence-electron chi connectivity index (χ1n) is 6.17. The van der Waals surface area contributed by atoms with Gasteiger partial charge in [-0.25, -0.2) is 0 Å². The van der Waals surface area contributed by atoms with Gasteiger partial charge in [0.05, 0.1) is 25.6 Å². The molecular weight excluding hydrogens is 242 g/mol. The van der Waals surface area contributed by atoms with Gasteiger partial charge in [-0.15, -0.1) is 0 Å². The van der Waals surface area contributed by atoms with E-state index < -0.39 is 0 Å². The van der Waals surface area contributed by atoms with Crippen LogP contribution in [0.2, 0.25) is 0 Å². The summed E-state index contributed by atoms with van der Waals surface area (Å²) in [7, 11) is 1.66. The Labute approximate surface area is 113 Å². The maximum absolute atomic E-state index is 11.4. The molecule has 0 aliphatic carbocycles. The number of amides is 1. The summed E-state index contributed by atoms with van der Waals surface area (Å²) in [5.74, 6) is -0.0942. The molecule has 0 aliphatic heterocycles. The second-order valence-corrected chi connectivity index (χ2v) is 4.11. The van der Waals surface area contributed by atoms with Gasteiger partial charge in [-0.05, 0) is 11.1 Å². The number of nitrogens with zero attached hydrogens (tertiary/aromatic N) is 1. The van der Waals surface area contributed by atoms with Crippen LogP contribution in [0.4, 0.5) is 0 Å². The molecule has 19 heavy (non-hydrogen) atoms. The van der Waals surface area contributed by atoms with Crippen molar-refractivity contribution < 1.29 is 9.53 Å². The third-order valence-corrected chi connectivity index (χ3v) is 2.48. The molecule has 0 saturated carbocycles. The van der Waals surface area contributed by atoms with Gasteiger partial charge in [-0.1, -0.05) is 24.3 Å². The van der Waals surface area contributed by atoms with Crippen molar-refractivity contribution in [1.82, 2.24) is 10.6 Å². The van der Waals surface area contributed by atoms with Crippen molar-refractivity contribution in [3.8, 4) is 6.07 Å². The molecule has 0 spiro atoms. The van der Waals surface area contributed by atoms with E-state index in [4.69, 9.17) is 10.00 Å². The highest BCUT2D eigenvalue weighted by molar-refractivity contribution is 5.77. The van der Waals surface area contributed by atoms with Crippen molar-refractivity contribution >= 4 is 5.91 Å². The van der Waals surface area contributed by atoms with Crippen LogP contribution in [0.15, 0.2) is 24.3 Å². The van der Waals surface area contributed by atoms with Crippen molar-refractivity contribution in [3.63, 3.8) is 0 Å². The van der Waals surface area contributed by atoms with Gasteiger partial charge in [0.15, 0.2) is 0 Å². The van der Waals surface area contributed by atoms with E-state index >= 15 is 0 Å². The zero-order valence-corrected chi connectivity index (χ0v) is 11.1. The molecule has 0 fully saturated rings. The van der Waals surface area contributed by atoms with Crippen LogP contribution in [0, 0.1) is 11.3 Å². The smallest absolute Gasteiger partial charge is 0.234 e. The van der Waals surface area contributed by atoms with Gasteiger partial charge < -0.3 is 15.4 Å². The third-order valence-electron chi connectivity index (χ3n) is 2.48. The van der Waals surface area contributed by atoms with E-state index in [2.05, 4.69) is 10.6 Å². The first-order valence-corrected chi connectivity index (χ1v) is 6.17. The van der Waals surface area contributed by atoms with E-state index in [9.17, 15) is 4.79 Å². The van der Waals surface area contributed by atoms with Crippen LogP contribution in [0.1, 0.15) is 17.5 Å². The SMILES string of the molecule is COCc1cccc(CNCC(=O)NCCC#N)c1. The van der Waals surface area contributed by atoms with E-state index in [-0.39, 0.29) is 12.5 Å². The number of carbonyl (C=O) groups is 1. The van der Waals surface area contributed by atoms with E-state index in [1.54, 1.807) is 7.11 Å². The fourth-order valence-corrected chi connectivity index (χ4v) is 1.64. The van der Waals surface area contributed by atoms with Gasteiger partial charge in [-0.2, -0.15) is 5.26 Å². The number of nitriles is 1. The fraction of sp³-hybridized carbons (Fsp3) is 0.429. The van der Waals surface area contributed by atoms with Gasteiger partial charge in [0.1, 0.15) is 0 Å². The Kier molecular flexibility index (Phi) is 7.25. The summed E-state index contributed by atoms with van der Waals surface area (Å²) < 4.78 is 5.07. The van der Waals surface area contributed by atoms with Crippen molar-refractivity contribution in [2.45, 2.75) is 19.6 Å². The largest absolute Gasteiger partial charge is 0.380 e. The first kappa shape index (κ1) is 15.2. The number of nitrogens with one attached hydrogen (secondary N) is 2. The maximum Gasteiger partial charge on any atom is 0.234 e. The zero-order chi connectivity index (χ0) is 13.9. The summed E-state index contributed by atoms with van der Waals surface area (Å²) in [5.41, 5.74) is 2.22. The summed E-state index contributed by atoms with van der Waals surface area (Å²) >= 11 is 0. The van der Waals surface area contributed by atoms with Crippen LogP contribution in [0.5, 0.6) is 0 Å². The Morgan fingerprint density at radius 3 is 2.95 bits per heavy atom. The van der Waals surface area contributed by atoms with Crippen LogP contribution < -0.4 is 10.6 Å². The highest BCUT2D eigenvalue weighted by Gasteiger charge is 2.00. The normalized spacial score (nSPS) is 9.89. The first-order chi connectivity index (χ1) is 9.26. The highest BCUT2D eigenvalue weighted by Crippen LogP contribution is 2.05. The quantitative estimate of drug-likeness (QED) is 0.683. The number of carbonyl (C=O) groups excluding carboxylic acids is 1. The molecule has 0 radical (unpaired) electrons. The molecule has 1 aromatic rings. The van der Waals surface area contributed by atoms with Crippen LogP contribution in [-0.4, -0.2) is 26.1 Å². The van der Waals surface area contributed by atoms with Gasteiger partial charge in [0, 0.05) is 20.2 Å². The topological polar surface area (TPSA) is 74.2 Å². The van der Waals surface area contributed by atoms with Crippen LogP contribution in [0.25, 0.3) is 0 Å². The third kappa shape index (κ3) is 6.55. The summed E-state index contributed by atoms with van der Waals surface area (Å²) in [6.45, 7) is 1.87. The minimum atomic E-state index is -0.0942. The molecule has 1 amide bonds. The van der Waals surface area contributed by atoms with E-state index in [1.807, 2.05) is 30.3 Å². The Morgan fingerprint density at radius 2 is 2.21 bits per heavy atom. The number of methoxy groups -OCH3 is 1. The van der Waals surface area contributed by atoms with Gasteiger partial charge in [0.2, 0.25) is 5.91 Å². The number of hydrogen-bond acceptors (Lipinski definition) is 4. The fourth-order valence-electron chi connectivity index (χ4n) is 1.64. The molecule has 0 bridgehead atoms.